The molecule has 1 rings (SSSR count). The number of hydrogen-bond donors (Lipinski definition) is 1. The van der Waals surface area contributed by atoms with Crippen molar-refractivity contribution < 1.29 is 9.53 Å². The van der Waals surface area contributed by atoms with Crippen molar-refractivity contribution in [1.29, 1.82) is 0 Å². The summed E-state index contributed by atoms with van der Waals surface area (Å²) in [4.78, 5) is 15.6. The summed E-state index contributed by atoms with van der Waals surface area (Å²) in [6.07, 6.45) is 1.52. The van der Waals surface area contributed by atoms with Gasteiger partial charge in [0.25, 0.3) is 0 Å². The third-order valence-corrected chi connectivity index (χ3v) is 2.21. The van der Waals surface area contributed by atoms with Gasteiger partial charge in [-0.05, 0) is 13.8 Å². The number of carbonyl (C=O) groups is 1. The second-order valence-electron chi connectivity index (χ2n) is 2.82. The van der Waals surface area contributed by atoms with Gasteiger partial charge in [0.05, 0.1) is 13.3 Å². The number of thiazole rings is 1. The lowest BCUT2D eigenvalue weighted by Crippen LogP contribution is -2.08. The van der Waals surface area contributed by atoms with Crippen LogP contribution in [0.5, 0.6) is 0 Å². The van der Waals surface area contributed by atoms with Crippen LogP contribution in [0.4, 0.5) is 5.13 Å². The molecule has 1 aromatic rings. The van der Waals surface area contributed by atoms with Crippen LogP contribution in [0.1, 0.15) is 23.5 Å². The zero-order chi connectivity index (χ0) is 9.84. The maximum atomic E-state index is 11.0. The number of rotatable bonds is 3. The monoisotopic (exact) mass is 200 g/mol. The van der Waals surface area contributed by atoms with Crippen molar-refractivity contribution in [2.24, 2.45) is 0 Å². The molecule has 0 amide bonds. The first-order valence-corrected chi connectivity index (χ1v) is 4.76. The topological polar surface area (TPSA) is 51.2 Å². The number of hydrogen-bond acceptors (Lipinski definition) is 5. The van der Waals surface area contributed by atoms with Gasteiger partial charge in [-0.25, -0.2) is 9.78 Å². The molecule has 0 aliphatic heterocycles. The Kier molecular flexibility index (Phi) is 3.25. The van der Waals surface area contributed by atoms with Gasteiger partial charge in [0.15, 0.2) is 5.13 Å². The highest BCUT2D eigenvalue weighted by Gasteiger charge is 2.10. The standard InChI is InChI=1S/C8H12N2O2S/c1-5(2)10-8-9-4-6(13-8)7(11)12-3/h4-5H,1-3H3,(H,9,10). The first-order valence-electron chi connectivity index (χ1n) is 3.94. The van der Waals surface area contributed by atoms with Gasteiger partial charge >= 0.3 is 5.97 Å². The molecular formula is C8H12N2O2S. The summed E-state index contributed by atoms with van der Waals surface area (Å²) in [6.45, 7) is 4.03. The van der Waals surface area contributed by atoms with Crippen LogP contribution in [0.15, 0.2) is 6.20 Å². The van der Waals surface area contributed by atoms with Crippen molar-refractivity contribution in [3.8, 4) is 0 Å². The van der Waals surface area contributed by atoms with Gasteiger partial charge in [-0.3, -0.25) is 0 Å². The van der Waals surface area contributed by atoms with E-state index in [2.05, 4.69) is 15.0 Å². The molecule has 1 aromatic heterocycles. The van der Waals surface area contributed by atoms with Gasteiger partial charge in [0.2, 0.25) is 0 Å². The maximum Gasteiger partial charge on any atom is 0.349 e. The Morgan fingerprint density at radius 3 is 2.92 bits per heavy atom. The van der Waals surface area contributed by atoms with Crippen molar-refractivity contribution in [1.82, 2.24) is 4.98 Å². The van der Waals surface area contributed by atoms with Crippen molar-refractivity contribution in [2.75, 3.05) is 12.4 Å². The van der Waals surface area contributed by atoms with Gasteiger partial charge < -0.3 is 10.1 Å². The highest BCUT2D eigenvalue weighted by Crippen LogP contribution is 2.19. The molecule has 0 spiro atoms. The fourth-order valence-corrected chi connectivity index (χ4v) is 1.66. The number of carbonyl (C=O) groups excluding carboxylic acids is 1. The molecule has 5 heteroatoms. The fourth-order valence-electron chi connectivity index (χ4n) is 0.783. The van der Waals surface area contributed by atoms with E-state index < -0.39 is 0 Å². The normalized spacial score (nSPS) is 10.2. The SMILES string of the molecule is COC(=O)c1cnc(NC(C)C)s1. The third kappa shape index (κ3) is 2.69. The largest absolute Gasteiger partial charge is 0.465 e. The van der Waals surface area contributed by atoms with Crippen molar-refractivity contribution in [2.45, 2.75) is 19.9 Å². The van der Waals surface area contributed by atoms with E-state index in [1.54, 1.807) is 0 Å². The van der Waals surface area contributed by atoms with Crippen LogP contribution in [0.25, 0.3) is 0 Å². The second kappa shape index (κ2) is 4.23. The molecule has 1 heterocycles. The predicted octanol–water partition coefficient (Wildman–Crippen LogP) is 1.75. The minimum atomic E-state index is -0.339. The molecule has 1 N–H and O–H groups in total. The lowest BCUT2D eigenvalue weighted by molar-refractivity contribution is 0.0606. The highest BCUT2D eigenvalue weighted by atomic mass is 32.1. The lowest BCUT2D eigenvalue weighted by Gasteiger charge is -2.03. The summed E-state index contributed by atoms with van der Waals surface area (Å²) >= 11 is 1.30. The molecule has 0 radical (unpaired) electrons. The molecule has 4 nitrogen and oxygen atoms in total. The first-order chi connectivity index (χ1) is 6.13. The number of anilines is 1. The smallest absolute Gasteiger partial charge is 0.349 e. The van der Waals surface area contributed by atoms with E-state index >= 15 is 0 Å². The summed E-state index contributed by atoms with van der Waals surface area (Å²) in [5, 5.41) is 3.85. The quantitative estimate of drug-likeness (QED) is 0.755. The maximum absolute atomic E-state index is 11.0. The summed E-state index contributed by atoms with van der Waals surface area (Å²) in [6, 6.07) is 0.316. The van der Waals surface area contributed by atoms with Crippen LogP contribution in [0.3, 0.4) is 0 Å². The second-order valence-corrected chi connectivity index (χ2v) is 3.85. The molecule has 0 fully saturated rings. The van der Waals surface area contributed by atoms with Gasteiger partial charge in [0.1, 0.15) is 4.88 Å². The highest BCUT2D eigenvalue weighted by molar-refractivity contribution is 7.17. The molecule has 0 aliphatic rings. The summed E-state index contributed by atoms with van der Waals surface area (Å²) in [5.41, 5.74) is 0. The average molecular weight is 200 g/mol. The van der Waals surface area contributed by atoms with Crippen molar-refractivity contribution in [3.05, 3.63) is 11.1 Å². The van der Waals surface area contributed by atoms with Crippen LogP contribution in [0.2, 0.25) is 0 Å². The van der Waals surface area contributed by atoms with Gasteiger partial charge in [-0.2, -0.15) is 0 Å². The number of methoxy groups -OCH3 is 1. The van der Waals surface area contributed by atoms with Crippen molar-refractivity contribution >= 4 is 22.4 Å². The Morgan fingerprint density at radius 1 is 1.69 bits per heavy atom. The zero-order valence-corrected chi connectivity index (χ0v) is 8.64. The number of ether oxygens (including phenoxy) is 1. The predicted molar refractivity (Wildman–Crippen MR) is 52.2 cm³/mol. The first kappa shape index (κ1) is 9.98. The van der Waals surface area contributed by atoms with E-state index in [-0.39, 0.29) is 5.97 Å². The summed E-state index contributed by atoms with van der Waals surface area (Å²) in [5.74, 6) is -0.339. The number of nitrogens with zero attached hydrogens (tertiary/aromatic N) is 1. The molecule has 0 atom stereocenters. The van der Waals surface area contributed by atoms with Crippen LogP contribution in [-0.2, 0) is 4.74 Å². The minimum absolute atomic E-state index is 0.316. The van der Waals surface area contributed by atoms with Gasteiger partial charge in [0, 0.05) is 6.04 Å². The van der Waals surface area contributed by atoms with E-state index in [9.17, 15) is 4.79 Å². The third-order valence-electron chi connectivity index (χ3n) is 1.30. The van der Waals surface area contributed by atoms with E-state index in [4.69, 9.17) is 0 Å². The molecule has 0 aliphatic carbocycles. The van der Waals surface area contributed by atoms with Gasteiger partial charge in [-0.1, -0.05) is 11.3 Å². The van der Waals surface area contributed by atoms with Crippen LogP contribution in [0, 0.1) is 0 Å². The Morgan fingerprint density at radius 2 is 2.38 bits per heavy atom. The molecule has 0 aromatic carbocycles. The van der Waals surface area contributed by atoms with Crippen LogP contribution in [-0.4, -0.2) is 24.1 Å². The van der Waals surface area contributed by atoms with E-state index in [0.29, 0.717) is 10.9 Å². The van der Waals surface area contributed by atoms with Crippen molar-refractivity contribution in [3.63, 3.8) is 0 Å². The molecule has 0 saturated heterocycles. The summed E-state index contributed by atoms with van der Waals surface area (Å²) in [7, 11) is 1.36. The Balaban J connectivity index is 2.69. The minimum Gasteiger partial charge on any atom is -0.465 e. The number of esters is 1. The molecular weight excluding hydrogens is 188 g/mol. The Bertz CT molecular complexity index is 296. The van der Waals surface area contributed by atoms with E-state index in [1.165, 1.54) is 24.6 Å². The Labute approximate surface area is 80.9 Å². The Hall–Kier alpha value is -1.10. The molecule has 0 unspecified atom stereocenters. The number of aromatic nitrogens is 1. The van der Waals surface area contributed by atoms with E-state index in [1.807, 2.05) is 13.8 Å². The molecule has 72 valence electrons. The molecule has 13 heavy (non-hydrogen) atoms. The zero-order valence-electron chi connectivity index (χ0n) is 7.83. The lowest BCUT2D eigenvalue weighted by atomic mass is 10.4. The molecule has 0 bridgehead atoms. The summed E-state index contributed by atoms with van der Waals surface area (Å²) < 4.78 is 4.56. The van der Waals surface area contributed by atoms with Gasteiger partial charge in [-0.15, -0.1) is 0 Å². The fraction of sp³-hybridized carbons (Fsp3) is 0.500. The van der Waals surface area contributed by atoms with E-state index in [0.717, 1.165) is 5.13 Å². The number of nitrogens with one attached hydrogen (secondary N) is 1. The van der Waals surface area contributed by atoms with Crippen LogP contribution < -0.4 is 5.32 Å². The average Bonchev–Trinajstić information content (AvgIpc) is 2.50. The van der Waals surface area contributed by atoms with Crippen LogP contribution >= 0.6 is 11.3 Å². The molecule has 0 saturated carbocycles.